The van der Waals surface area contributed by atoms with Gasteiger partial charge in [0.2, 0.25) is 5.91 Å². The quantitative estimate of drug-likeness (QED) is 0.236. The third-order valence-electron chi connectivity index (χ3n) is 5.12. The fraction of sp³-hybridized carbons (Fsp3) is 0.115. The lowest BCUT2D eigenvalue weighted by atomic mass is 10.1. The molecule has 8 heteroatoms. The van der Waals surface area contributed by atoms with Gasteiger partial charge in [0.05, 0.1) is 6.33 Å². The van der Waals surface area contributed by atoms with Gasteiger partial charge in [0.15, 0.2) is 0 Å². The molecule has 0 radical (unpaired) electrons. The molecule has 0 atom stereocenters. The van der Waals surface area contributed by atoms with Gasteiger partial charge in [-0.25, -0.2) is 4.98 Å². The highest BCUT2D eigenvalue weighted by molar-refractivity contribution is 8.00. The summed E-state index contributed by atoms with van der Waals surface area (Å²) in [5.41, 5.74) is 4.60. The van der Waals surface area contributed by atoms with E-state index in [-0.39, 0.29) is 11.8 Å². The topological polar surface area (TPSA) is 98.9 Å². The number of anilines is 3. The van der Waals surface area contributed by atoms with E-state index in [9.17, 15) is 9.59 Å². The molecule has 7 nitrogen and oxygen atoms in total. The van der Waals surface area contributed by atoms with Crippen LogP contribution in [0.1, 0.15) is 28.0 Å². The molecule has 2 amide bonds. The average Bonchev–Trinajstić information content (AvgIpc) is 3.38. The van der Waals surface area contributed by atoms with Crippen LogP contribution < -0.4 is 15.4 Å². The van der Waals surface area contributed by atoms with Gasteiger partial charge in [-0.1, -0.05) is 24.3 Å². The lowest BCUT2D eigenvalue weighted by Crippen LogP contribution is -2.16. The first kappa shape index (κ1) is 23.1. The van der Waals surface area contributed by atoms with Crippen LogP contribution in [0.2, 0.25) is 0 Å². The molecule has 1 heterocycles. The van der Waals surface area contributed by atoms with E-state index in [4.69, 9.17) is 0 Å². The first-order chi connectivity index (χ1) is 16.6. The number of para-hydroxylation sites is 1. The predicted octanol–water partition coefficient (Wildman–Crippen LogP) is 5.66. The van der Waals surface area contributed by atoms with Crippen LogP contribution in [-0.2, 0) is 11.2 Å². The van der Waals surface area contributed by atoms with E-state index in [0.717, 1.165) is 21.8 Å². The number of carbonyl (C=O) groups is 2. The molecule has 4 aromatic rings. The summed E-state index contributed by atoms with van der Waals surface area (Å²) < 4.78 is 3.28. The minimum Gasteiger partial charge on any atom is -0.348 e. The Morgan fingerprint density at radius 3 is 2.47 bits per heavy atom. The average molecular weight is 472 g/mol. The molecule has 0 bridgehead atoms. The van der Waals surface area contributed by atoms with E-state index >= 15 is 0 Å². The van der Waals surface area contributed by atoms with Crippen LogP contribution in [-0.4, -0.2) is 21.8 Å². The number of aryl methyl sites for hydroxylation is 2. The fourth-order valence-corrected chi connectivity index (χ4v) is 3.86. The summed E-state index contributed by atoms with van der Waals surface area (Å²) >= 11 is 1.50. The predicted molar refractivity (Wildman–Crippen MR) is 137 cm³/mol. The van der Waals surface area contributed by atoms with E-state index in [0.29, 0.717) is 29.8 Å². The summed E-state index contributed by atoms with van der Waals surface area (Å²) in [6.07, 6.45) is 4.18. The van der Waals surface area contributed by atoms with Crippen molar-refractivity contribution in [1.29, 1.82) is 0 Å². The Morgan fingerprint density at radius 2 is 1.74 bits per heavy atom. The highest BCUT2D eigenvalue weighted by Crippen LogP contribution is 2.23. The second-order valence-electron chi connectivity index (χ2n) is 7.70. The van der Waals surface area contributed by atoms with Crippen molar-refractivity contribution in [3.63, 3.8) is 0 Å². The van der Waals surface area contributed by atoms with Crippen LogP contribution >= 0.6 is 11.9 Å². The van der Waals surface area contributed by atoms with Gasteiger partial charge in [0.25, 0.3) is 5.91 Å². The Labute approximate surface area is 202 Å². The van der Waals surface area contributed by atoms with Crippen LogP contribution in [0, 0.1) is 6.92 Å². The van der Waals surface area contributed by atoms with Crippen molar-refractivity contribution < 1.29 is 9.59 Å². The smallest absolute Gasteiger partial charge is 0.255 e. The largest absolute Gasteiger partial charge is 0.348 e. The third-order valence-corrected chi connectivity index (χ3v) is 5.97. The molecule has 0 aliphatic heterocycles. The van der Waals surface area contributed by atoms with Crippen molar-refractivity contribution in [2.75, 3.05) is 15.4 Å². The summed E-state index contributed by atoms with van der Waals surface area (Å²) in [6.45, 7) is 1.89. The second-order valence-corrected chi connectivity index (χ2v) is 8.58. The number of nitrogens with zero attached hydrogens (tertiary/aromatic N) is 1. The molecule has 0 aliphatic carbocycles. The van der Waals surface area contributed by atoms with Crippen molar-refractivity contribution in [2.24, 2.45) is 0 Å². The van der Waals surface area contributed by atoms with Gasteiger partial charge in [0.1, 0.15) is 0 Å². The second kappa shape index (κ2) is 11.2. The number of H-pyrrole nitrogens is 1. The minimum absolute atomic E-state index is 0.118. The van der Waals surface area contributed by atoms with E-state index in [1.54, 1.807) is 24.7 Å². The SMILES string of the molecule is Cc1ccc(C(=O)Nc2ccc(SNc3ccccc3)cc2)cc1NC(=O)CCc1cnc[nH]1. The molecular weight excluding hydrogens is 446 g/mol. The first-order valence-electron chi connectivity index (χ1n) is 10.8. The zero-order valence-corrected chi connectivity index (χ0v) is 19.5. The first-order valence-corrected chi connectivity index (χ1v) is 11.7. The summed E-state index contributed by atoms with van der Waals surface area (Å²) in [4.78, 5) is 33.1. The number of aromatic amines is 1. The van der Waals surface area contributed by atoms with Gasteiger partial charge in [0, 0.05) is 45.8 Å². The highest BCUT2D eigenvalue weighted by atomic mass is 32.2. The Hall–Kier alpha value is -4.04. The molecule has 4 rings (SSSR count). The summed E-state index contributed by atoms with van der Waals surface area (Å²) in [7, 11) is 0. The lowest BCUT2D eigenvalue weighted by Gasteiger charge is -2.11. The normalized spacial score (nSPS) is 10.5. The van der Waals surface area contributed by atoms with Gasteiger partial charge in [-0.2, -0.15) is 0 Å². The van der Waals surface area contributed by atoms with Crippen LogP contribution in [0.5, 0.6) is 0 Å². The fourth-order valence-electron chi connectivity index (χ4n) is 3.21. The molecule has 34 heavy (non-hydrogen) atoms. The number of rotatable bonds is 9. The standard InChI is InChI=1S/C26H25N5O2S/c1-18-7-8-19(15-24(18)30-25(32)14-11-22-16-27-17-28-22)26(33)29-20-9-12-23(13-10-20)34-31-21-5-3-2-4-6-21/h2-10,12-13,15-17,31H,11,14H2,1H3,(H,27,28)(H,29,33)(H,30,32). The Balaban J connectivity index is 1.33. The van der Waals surface area contributed by atoms with Crippen molar-refractivity contribution in [1.82, 2.24) is 9.97 Å². The lowest BCUT2D eigenvalue weighted by molar-refractivity contribution is -0.116. The van der Waals surface area contributed by atoms with Crippen molar-refractivity contribution in [2.45, 2.75) is 24.7 Å². The van der Waals surface area contributed by atoms with Crippen LogP contribution in [0.15, 0.2) is 90.2 Å². The minimum atomic E-state index is -0.240. The number of hydrogen-bond donors (Lipinski definition) is 4. The number of hydrogen-bond acceptors (Lipinski definition) is 5. The molecule has 0 spiro atoms. The maximum Gasteiger partial charge on any atom is 0.255 e. The molecule has 0 aliphatic rings. The molecule has 0 unspecified atom stereocenters. The van der Waals surface area contributed by atoms with Crippen molar-refractivity contribution in [3.8, 4) is 0 Å². The van der Waals surface area contributed by atoms with Gasteiger partial charge < -0.3 is 20.3 Å². The number of amides is 2. The maximum absolute atomic E-state index is 12.8. The molecule has 1 aromatic heterocycles. The number of benzene rings is 3. The zero-order valence-electron chi connectivity index (χ0n) is 18.7. The summed E-state index contributed by atoms with van der Waals surface area (Å²) in [6, 6.07) is 22.8. The maximum atomic E-state index is 12.8. The molecule has 172 valence electrons. The van der Waals surface area contributed by atoms with E-state index in [1.807, 2.05) is 67.6 Å². The van der Waals surface area contributed by atoms with E-state index in [1.165, 1.54) is 11.9 Å². The Bertz CT molecular complexity index is 1240. The molecule has 0 saturated carbocycles. The summed E-state index contributed by atoms with van der Waals surface area (Å²) in [5.74, 6) is -0.358. The highest BCUT2D eigenvalue weighted by Gasteiger charge is 2.11. The van der Waals surface area contributed by atoms with Gasteiger partial charge in [-0.05, 0) is 79.4 Å². The van der Waals surface area contributed by atoms with Crippen LogP contribution in [0.3, 0.4) is 0 Å². The molecule has 0 fully saturated rings. The monoisotopic (exact) mass is 471 g/mol. The number of imidazole rings is 1. The molecule has 3 aromatic carbocycles. The Morgan fingerprint density at radius 1 is 0.941 bits per heavy atom. The zero-order chi connectivity index (χ0) is 23.8. The van der Waals surface area contributed by atoms with Crippen LogP contribution in [0.4, 0.5) is 17.1 Å². The molecule has 4 N–H and O–H groups in total. The number of nitrogens with one attached hydrogen (secondary N) is 4. The van der Waals surface area contributed by atoms with Crippen molar-refractivity contribution >= 4 is 40.8 Å². The van der Waals surface area contributed by atoms with E-state index in [2.05, 4.69) is 25.3 Å². The summed E-state index contributed by atoms with van der Waals surface area (Å²) in [5, 5.41) is 5.81. The number of carbonyl (C=O) groups excluding carboxylic acids is 2. The van der Waals surface area contributed by atoms with Gasteiger partial charge in [-0.3, -0.25) is 9.59 Å². The van der Waals surface area contributed by atoms with Crippen LogP contribution in [0.25, 0.3) is 0 Å². The Kier molecular flexibility index (Phi) is 7.62. The van der Waals surface area contributed by atoms with Crippen molar-refractivity contribution in [3.05, 3.63) is 102 Å². The molecule has 0 saturated heterocycles. The molecular formula is C26H25N5O2S. The van der Waals surface area contributed by atoms with Gasteiger partial charge >= 0.3 is 0 Å². The van der Waals surface area contributed by atoms with Gasteiger partial charge in [-0.15, -0.1) is 0 Å². The number of aromatic nitrogens is 2. The van der Waals surface area contributed by atoms with E-state index < -0.39 is 0 Å². The third kappa shape index (κ3) is 6.49.